The van der Waals surface area contributed by atoms with E-state index in [1.807, 2.05) is 25.2 Å². The van der Waals surface area contributed by atoms with E-state index in [2.05, 4.69) is 25.5 Å². The normalized spacial score (nSPS) is 12.0. The SMILES string of the molecule is CNCc1ccc(-c2nnc(-c3nc(-c4ccc(=O)n(C(C)CO)c4)cnc3C)o2)c(OC)c1.[HH].[HH]. The van der Waals surface area contributed by atoms with Crippen LogP contribution in [0.5, 0.6) is 5.75 Å². The van der Waals surface area contributed by atoms with E-state index in [1.54, 1.807) is 39.4 Å². The summed E-state index contributed by atoms with van der Waals surface area (Å²) in [6, 6.07) is 8.51. The van der Waals surface area contributed by atoms with Crippen molar-refractivity contribution in [3.8, 4) is 40.0 Å². The Bertz CT molecular complexity index is 1370. The fraction of sp³-hybridized carbons (Fsp3) is 0.292. The Morgan fingerprint density at radius 2 is 2.03 bits per heavy atom. The van der Waals surface area contributed by atoms with E-state index >= 15 is 0 Å². The van der Waals surface area contributed by atoms with Gasteiger partial charge in [-0.15, -0.1) is 10.2 Å². The molecule has 1 aromatic carbocycles. The molecule has 0 bridgehead atoms. The Balaban J connectivity index is 0.00000228. The van der Waals surface area contributed by atoms with Crippen molar-refractivity contribution >= 4 is 0 Å². The van der Waals surface area contributed by atoms with Crippen LogP contribution in [0.25, 0.3) is 34.3 Å². The largest absolute Gasteiger partial charge is 0.496 e. The van der Waals surface area contributed by atoms with E-state index < -0.39 is 0 Å². The van der Waals surface area contributed by atoms with Crippen LogP contribution in [0.3, 0.4) is 0 Å². The van der Waals surface area contributed by atoms with Crippen molar-refractivity contribution in [3.05, 3.63) is 64.3 Å². The molecule has 4 aromatic rings. The van der Waals surface area contributed by atoms with Crippen LogP contribution in [0.2, 0.25) is 0 Å². The minimum Gasteiger partial charge on any atom is -0.496 e. The van der Waals surface area contributed by atoms with E-state index in [0.717, 1.165) is 5.56 Å². The molecule has 0 saturated carbocycles. The lowest BCUT2D eigenvalue weighted by molar-refractivity contribution is 0.236. The molecule has 0 aliphatic carbocycles. The predicted octanol–water partition coefficient (Wildman–Crippen LogP) is 3.10. The van der Waals surface area contributed by atoms with Gasteiger partial charge in [-0.1, -0.05) is 6.07 Å². The van der Waals surface area contributed by atoms with Crippen LogP contribution in [0.4, 0.5) is 0 Å². The molecular weight excluding hydrogens is 436 g/mol. The third-order valence-electron chi connectivity index (χ3n) is 5.43. The number of nitrogens with zero attached hydrogens (tertiary/aromatic N) is 5. The van der Waals surface area contributed by atoms with Gasteiger partial charge in [0.1, 0.15) is 11.4 Å². The minimum atomic E-state index is -0.363. The molecule has 0 saturated heterocycles. The quantitative estimate of drug-likeness (QED) is 0.402. The number of benzene rings is 1. The topological polar surface area (TPSA) is 128 Å². The summed E-state index contributed by atoms with van der Waals surface area (Å²) in [4.78, 5) is 21.3. The van der Waals surface area contributed by atoms with E-state index in [-0.39, 0.29) is 27.0 Å². The lowest BCUT2D eigenvalue weighted by Gasteiger charge is -2.13. The van der Waals surface area contributed by atoms with E-state index in [1.165, 1.54) is 10.6 Å². The van der Waals surface area contributed by atoms with Crippen LogP contribution in [-0.2, 0) is 6.54 Å². The van der Waals surface area contributed by atoms with Gasteiger partial charge < -0.3 is 24.1 Å². The van der Waals surface area contributed by atoms with Gasteiger partial charge in [-0.3, -0.25) is 9.78 Å². The van der Waals surface area contributed by atoms with Crippen LogP contribution < -0.4 is 15.6 Å². The van der Waals surface area contributed by atoms with Crippen molar-refractivity contribution in [2.24, 2.45) is 0 Å². The van der Waals surface area contributed by atoms with Gasteiger partial charge >= 0.3 is 0 Å². The monoisotopic (exact) mass is 466 g/mol. The summed E-state index contributed by atoms with van der Waals surface area (Å²) in [5.41, 5.74) is 3.80. The Kier molecular flexibility index (Phi) is 6.80. The summed E-state index contributed by atoms with van der Waals surface area (Å²) in [6.07, 6.45) is 3.27. The molecular formula is C24H30N6O4. The maximum atomic E-state index is 12.2. The Labute approximate surface area is 199 Å². The molecule has 10 heteroatoms. The van der Waals surface area contributed by atoms with Crippen LogP contribution in [0.1, 0.15) is 27.1 Å². The molecule has 34 heavy (non-hydrogen) atoms. The fourth-order valence-electron chi connectivity index (χ4n) is 3.53. The summed E-state index contributed by atoms with van der Waals surface area (Å²) >= 11 is 0. The highest BCUT2D eigenvalue weighted by Gasteiger charge is 2.19. The van der Waals surface area contributed by atoms with Crippen molar-refractivity contribution in [1.29, 1.82) is 0 Å². The van der Waals surface area contributed by atoms with E-state index in [4.69, 9.17) is 9.15 Å². The third-order valence-corrected chi connectivity index (χ3v) is 5.43. The molecule has 0 aliphatic heterocycles. The summed E-state index contributed by atoms with van der Waals surface area (Å²) in [7, 11) is 3.47. The number of aromatic nitrogens is 5. The number of ether oxygens (including phenoxy) is 1. The molecule has 0 aliphatic rings. The van der Waals surface area contributed by atoms with Gasteiger partial charge in [-0.2, -0.15) is 0 Å². The van der Waals surface area contributed by atoms with Gasteiger partial charge in [-0.25, -0.2) is 4.98 Å². The standard InChI is InChI=1S/C24H26N6O4.2H2/c1-14(13-31)30-12-17(6-8-21(30)32)19-11-26-15(2)22(27-19)24-29-28-23(34-24)18-7-5-16(10-25-3)9-20(18)33-4;;/h5-9,11-12,14,25,31H,10,13H2,1-4H3;2*1H. The molecule has 10 nitrogen and oxygen atoms in total. The zero-order valence-corrected chi connectivity index (χ0v) is 19.4. The Hall–Kier alpha value is -3.89. The Morgan fingerprint density at radius 1 is 1.24 bits per heavy atom. The van der Waals surface area contributed by atoms with Crippen LogP contribution in [0, 0.1) is 6.92 Å². The lowest BCUT2D eigenvalue weighted by Crippen LogP contribution is -2.24. The molecule has 1 unspecified atom stereocenters. The first kappa shape index (κ1) is 23.3. The molecule has 3 aromatic heterocycles. The molecule has 2 N–H and O–H groups in total. The van der Waals surface area contributed by atoms with Crippen LogP contribution in [0.15, 0.2) is 51.9 Å². The number of pyridine rings is 1. The van der Waals surface area contributed by atoms with Crippen molar-refractivity contribution < 1.29 is 17.1 Å². The predicted molar refractivity (Wildman–Crippen MR) is 131 cm³/mol. The number of hydrogen-bond acceptors (Lipinski definition) is 9. The molecule has 0 spiro atoms. The van der Waals surface area contributed by atoms with Crippen molar-refractivity contribution in [2.75, 3.05) is 20.8 Å². The molecule has 3 heterocycles. The second kappa shape index (κ2) is 9.94. The lowest BCUT2D eigenvalue weighted by atomic mass is 10.1. The van der Waals surface area contributed by atoms with Gasteiger partial charge in [0.15, 0.2) is 0 Å². The van der Waals surface area contributed by atoms with Gasteiger partial charge in [-0.05, 0) is 44.7 Å². The first-order valence-corrected chi connectivity index (χ1v) is 10.8. The second-order valence-electron chi connectivity index (χ2n) is 7.86. The average molecular weight is 467 g/mol. The number of hydrogen-bond donors (Lipinski definition) is 2. The zero-order valence-electron chi connectivity index (χ0n) is 19.4. The van der Waals surface area contributed by atoms with Gasteiger partial charge in [0.2, 0.25) is 0 Å². The summed E-state index contributed by atoms with van der Waals surface area (Å²) in [5.74, 6) is 1.15. The van der Waals surface area contributed by atoms with Crippen molar-refractivity contribution in [2.45, 2.75) is 26.4 Å². The summed E-state index contributed by atoms with van der Waals surface area (Å²) in [6.45, 7) is 4.12. The highest BCUT2D eigenvalue weighted by molar-refractivity contribution is 5.66. The summed E-state index contributed by atoms with van der Waals surface area (Å²) < 4.78 is 12.9. The van der Waals surface area contributed by atoms with Crippen molar-refractivity contribution in [3.63, 3.8) is 0 Å². The first-order chi connectivity index (χ1) is 16.4. The van der Waals surface area contributed by atoms with E-state index in [0.29, 0.717) is 46.4 Å². The molecule has 0 radical (unpaired) electrons. The number of rotatable bonds is 8. The number of aliphatic hydroxyl groups excluding tert-OH is 1. The maximum absolute atomic E-state index is 12.2. The maximum Gasteiger partial charge on any atom is 0.268 e. The van der Waals surface area contributed by atoms with Gasteiger partial charge in [0.05, 0.1) is 42.9 Å². The molecule has 180 valence electrons. The molecule has 1 atom stereocenters. The number of nitrogens with one attached hydrogen (secondary N) is 1. The highest BCUT2D eigenvalue weighted by Crippen LogP contribution is 2.32. The smallest absolute Gasteiger partial charge is 0.268 e. The number of methoxy groups -OCH3 is 1. The zero-order chi connectivity index (χ0) is 24.2. The van der Waals surface area contributed by atoms with Gasteiger partial charge in [0, 0.05) is 27.2 Å². The molecule has 4 rings (SSSR count). The summed E-state index contributed by atoms with van der Waals surface area (Å²) in [5, 5.41) is 20.9. The minimum absolute atomic E-state index is 0. The van der Waals surface area contributed by atoms with Gasteiger partial charge in [0.25, 0.3) is 17.3 Å². The highest BCUT2D eigenvalue weighted by atomic mass is 16.5. The third kappa shape index (κ3) is 4.59. The first-order valence-electron chi connectivity index (χ1n) is 10.8. The number of aryl methyl sites for hydroxylation is 1. The fourth-order valence-corrected chi connectivity index (χ4v) is 3.53. The second-order valence-corrected chi connectivity index (χ2v) is 7.86. The van der Waals surface area contributed by atoms with E-state index in [9.17, 15) is 9.90 Å². The van der Waals surface area contributed by atoms with Crippen LogP contribution >= 0.6 is 0 Å². The molecule has 0 amide bonds. The molecule has 0 fully saturated rings. The van der Waals surface area contributed by atoms with Crippen molar-refractivity contribution in [1.82, 2.24) is 30.0 Å². The Morgan fingerprint density at radius 3 is 2.76 bits per heavy atom. The number of aliphatic hydroxyl groups is 1. The van der Waals surface area contributed by atoms with Crippen LogP contribution in [-0.4, -0.2) is 50.6 Å². The average Bonchev–Trinajstić information content (AvgIpc) is 3.34.